The van der Waals surface area contributed by atoms with Crippen molar-refractivity contribution in [2.75, 3.05) is 13.1 Å². The Labute approximate surface area is 139 Å². The maximum atomic E-state index is 9.39. The van der Waals surface area contributed by atoms with E-state index in [2.05, 4.69) is 5.32 Å². The average molecular weight is 370 g/mol. The van der Waals surface area contributed by atoms with Crippen molar-refractivity contribution in [3.8, 4) is 23.0 Å². The van der Waals surface area contributed by atoms with Gasteiger partial charge in [-0.3, -0.25) is 0 Å². The van der Waals surface area contributed by atoms with Crippen LogP contribution in [0, 0.1) is 0 Å². The van der Waals surface area contributed by atoms with Gasteiger partial charge in [0.1, 0.15) is 0 Å². The summed E-state index contributed by atoms with van der Waals surface area (Å²) in [7, 11) is 0. The zero-order chi connectivity index (χ0) is 15.2. The number of nitrogens with one attached hydrogen (secondary N) is 1. The largest absolute Gasteiger partial charge is 0.504 e. The smallest absolute Gasteiger partial charge is 0.157 e. The van der Waals surface area contributed by atoms with Gasteiger partial charge in [-0.05, 0) is 61.3 Å². The summed E-state index contributed by atoms with van der Waals surface area (Å²) in [4.78, 5) is 0. The molecule has 0 aliphatic carbocycles. The summed E-state index contributed by atoms with van der Waals surface area (Å²) in [6.07, 6.45) is 1.49. The molecular formula is C16H20BrNO4. The van der Waals surface area contributed by atoms with Gasteiger partial charge >= 0.3 is 0 Å². The second-order valence-corrected chi connectivity index (χ2v) is 4.90. The highest BCUT2D eigenvalue weighted by atomic mass is 79.9. The van der Waals surface area contributed by atoms with Crippen molar-refractivity contribution in [3.05, 3.63) is 47.5 Å². The fourth-order valence-electron chi connectivity index (χ4n) is 2.04. The molecule has 0 saturated carbocycles. The molecule has 0 unspecified atom stereocenters. The van der Waals surface area contributed by atoms with Crippen LogP contribution in [0.3, 0.4) is 0 Å². The minimum absolute atomic E-state index is 0. The zero-order valence-electron chi connectivity index (χ0n) is 12.0. The van der Waals surface area contributed by atoms with E-state index in [4.69, 9.17) is 0 Å². The molecule has 0 radical (unpaired) electrons. The molecule has 2 rings (SSSR count). The lowest BCUT2D eigenvalue weighted by atomic mass is 10.1. The van der Waals surface area contributed by atoms with E-state index >= 15 is 0 Å². The van der Waals surface area contributed by atoms with Gasteiger partial charge in [-0.2, -0.15) is 0 Å². The molecule has 0 fully saturated rings. The van der Waals surface area contributed by atoms with Gasteiger partial charge in [-0.15, -0.1) is 17.0 Å². The van der Waals surface area contributed by atoms with E-state index in [-0.39, 0.29) is 40.0 Å². The molecule has 5 nitrogen and oxygen atoms in total. The molecule has 2 aromatic rings. The van der Waals surface area contributed by atoms with Crippen molar-refractivity contribution in [2.45, 2.75) is 12.8 Å². The summed E-state index contributed by atoms with van der Waals surface area (Å²) in [6.45, 7) is 1.49. The molecule has 22 heavy (non-hydrogen) atoms. The minimum Gasteiger partial charge on any atom is -0.504 e. The van der Waals surface area contributed by atoms with E-state index in [1.54, 1.807) is 24.3 Å². The quantitative estimate of drug-likeness (QED) is 0.398. The van der Waals surface area contributed by atoms with Gasteiger partial charge in [0.2, 0.25) is 0 Å². The summed E-state index contributed by atoms with van der Waals surface area (Å²) >= 11 is 0. The number of rotatable bonds is 6. The molecule has 0 aliphatic heterocycles. The highest BCUT2D eigenvalue weighted by molar-refractivity contribution is 8.93. The molecule has 5 N–H and O–H groups in total. The van der Waals surface area contributed by atoms with Crippen LogP contribution in [-0.4, -0.2) is 33.5 Å². The summed E-state index contributed by atoms with van der Waals surface area (Å²) in [6, 6.07) is 9.60. The number of phenolic OH excluding ortho intramolecular Hbond substituents is 4. The Kier molecular flexibility index (Phi) is 7.01. The van der Waals surface area contributed by atoms with E-state index in [0.717, 1.165) is 37.1 Å². The average Bonchev–Trinajstić information content (AvgIpc) is 2.46. The fraction of sp³-hybridized carbons (Fsp3) is 0.250. The highest BCUT2D eigenvalue weighted by Gasteiger charge is 2.02. The molecule has 0 bridgehead atoms. The van der Waals surface area contributed by atoms with Crippen molar-refractivity contribution >= 4 is 17.0 Å². The Morgan fingerprint density at radius 1 is 0.636 bits per heavy atom. The standard InChI is InChI=1S/C16H19NO4.BrH/c18-13-3-1-11(9-15(13)20)5-7-17-8-6-12-2-4-14(19)16(21)10-12;/h1-4,9-10,17-21H,5-8H2;1H. The van der Waals surface area contributed by atoms with Crippen LogP contribution in [0.15, 0.2) is 36.4 Å². The van der Waals surface area contributed by atoms with Crippen LogP contribution in [0.2, 0.25) is 0 Å². The molecule has 120 valence electrons. The highest BCUT2D eigenvalue weighted by Crippen LogP contribution is 2.25. The Morgan fingerprint density at radius 3 is 1.41 bits per heavy atom. The van der Waals surface area contributed by atoms with E-state index in [9.17, 15) is 20.4 Å². The number of hydrogen-bond donors (Lipinski definition) is 5. The summed E-state index contributed by atoms with van der Waals surface area (Å²) < 4.78 is 0. The van der Waals surface area contributed by atoms with E-state index in [1.807, 2.05) is 0 Å². The van der Waals surface area contributed by atoms with E-state index < -0.39 is 0 Å². The number of hydrogen-bond acceptors (Lipinski definition) is 5. The Bertz CT molecular complexity index is 566. The van der Waals surface area contributed by atoms with Gasteiger partial charge in [0.05, 0.1) is 0 Å². The van der Waals surface area contributed by atoms with Crippen LogP contribution in [0.25, 0.3) is 0 Å². The first-order valence-electron chi connectivity index (χ1n) is 6.78. The third kappa shape index (κ3) is 5.13. The van der Waals surface area contributed by atoms with Gasteiger partial charge in [0.25, 0.3) is 0 Å². The fourth-order valence-corrected chi connectivity index (χ4v) is 2.04. The third-order valence-electron chi connectivity index (χ3n) is 3.26. The maximum Gasteiger partial charge on any atom is 0.157 e. The van der Waals surface area contributed by atoms with Crippen LogP contribution < -0.4 is 5.32 Å². The summed E-state index contributed by atoms with van der Waals surface area (Å²) in [5.41, 5.74) is 1.89. The molecule has 0 aliphatic rings. The number of halogens is 1. The molecule has 0 heterocycles. The monoisotopic (exact) mass is 369 g/mol. The van der Waals surface area contributed by atoms with Crippen molar-refractivity contribution in [1.29, 1.82) is 0 Å². The Balaban J connectivity index is 0.00000242. The molecule has 0 atom stereocenters. The van der Waals surface area contributed by atoms with Crippen molar-refractivity contribution < 1.29 is 20.4 Å². The van der Waals surface area contributed by atoms with Crippen LogP contribution in [0.5, 0.6) is 23.0 Å². The second-order valence-electron chi connectivity index (χ2n) is 4.90. The lowest BCUT2D eigenvalue weighted by Gasteiger charge is -2.07. The third-order valence-corrected chi connectivity index (χ3v) is 3.26. The Morgan fingerprint density at radius 2 is 1.05 bits per heavy atom. The lowest BCUT2D eigenvalue weighted by molar-refractivity contribution is 0.403. The van der Waals surface area contributed by atoms with Gasteiger partial charge in [0.15, 0.2) is 23.0 Å². The summed E-state index contributed by atoms with van der Waals surface area (Å²) in [5.74, 6) is -0.433. The van der Waals surface area contributed by atoms with Crippen LogP contribution in [0.1, 0.15) is 11.1 Å². The maximum absolute atomic E-state index is 9.39. The molecule has 6 heteroatoms. The number of benzene rings is 2. The second kappa shape index (κ2) is 8.51. The van der Waals surface area contributed by atoms with E-state index in [1.165, 1.54) is 12.1 Å². The topological polar surface area (TPSA) is 93.0 Å². The van der Waals surface area contributed by atoms with Gasteiger partial charge in [-0.25, -0.2) is 0 Å². The van der Waals surface area contributed by atoms with Crippen LogP contribution in [-0.2, 0) is 12.8 Å². The minimum atomic E-state index is -0.112. The van der Waals surface area contributed by atoms with E-state index in [0.29, 0.717) is 0 Å². The van der Waals surface area contributed by atoms with Crippen LogP contribution in [0.4, 0.5) is 0 Å². The van der Waals surface area contributed by atoms with Crippen molar-refractivity contribution in [2.24, 2.45) is 0 Å². The molecule has 2 aromatic carbocycles. The number of phenols is 4. The molecule has 0 saturated heterocycles. The lowest BCUT2D eigenvalue weighted by Crippen LogP contribution is -2.20. The predicted molar refractivity (Wildman–Crippen MR) is 90.1 cm³/mol. The van der Waals surface area contributed by atoms with Gasteiger partial charge in [-0.1, -0.05) is 12.1 Å². The first-order valence-corrected chi connectivity index (χ1v) is 6.78. The Hall–Kier alpha value is -1.92. The summed E-state index contributed by atoms with van der Waals surface area (Å²) in [5, 5.41) is 40.5. The van der Waals surface area contributed by atoms with Crippen LogP contribution >= 0.6 is 17.0 Å². The number of aromatic hydroxyl groups is 4. The molecule has 0 aromatic heterocycles. The first kappa shape index (κ1) is 18.1. The SMILES string of the molecule is Br.Oc1ccc(CCNCCc2ccc(O)c(O)c2)cc1O. The normalized spacial score (nSPS) is 10.2. The molecule has 0 amide bonds. The van der Waals surface area contributed by atoms with Gasteiger partial charge < -0.3 is 25.7 Å². The molecule has 0 spiro atoms. The zero-order valence-corrected chi connectivity index (χ0v) is 13.7. The molecular weight excluding hydrogens is 350 g/mol. The van der Waals surface area contributed by atoms with Crippen molar-refractivity contribution in [1.82, 2.24) is 5.32 Å². The van der Waals surface area contributed by atoms with Gasteiger partial charge in [0, 0.05) is 0 Å². The van der Waals surface area contributed by atoms with Crippen molar-refractivity contribution in [3.63, 3.8) is 0 Å². The first-order chi connectivity index (χ1) is 10.1. The predicted octanol–water partition coefficient (Wildman–Crippen LogP) is 2.46.